The van der Waals surface area contributed by atoms with Crippen molar-refractivity contribution in [1.29, 1.82) is 0 Å². The zero-order valence-corrected chi connectivity index (χ0v) is 10.7. The smallest absolute Gasteiger partial charge is 0.143 e. The number of H-pyrrole nitrogens is 1. The monoisotopic (exact) mass is 242 g/mol. The lowest BCUT2D eigenvalue weighted by Gasteiger charge is -2.19. The van der Waals surface area contributed by atoms with Crippen LogP contribution in [0.4, 0.5) is 5.82 Å². The van der Waals surface area contributed by atoms with E-state index in [0.29, 0.717) is 0 Å². The summed E-state index contributed by atoms with van der Waals surface area (Å²) < 4.78 is 0. The molecule has 2 aromatic rings. The van der Waals surface area contributed by atoms with Crippen molar-refractivity contribution >= 4 is 16.9 Å². The lowest BCUT2D eigenvalue weighted by Crippen LogP contribution is -2.22. The summed E-state index contributed by atoms with van der Waals surface area (Å²) in [5.41, 5.74) is 0.967. The highest BCUT2D eigenvalue weighted by Gasteiger charge is 2.37. The number of hydrogen-bond acceptors (Lipinski definition) is 3. The van der Waals surface area contributed by atoms with E-state index in [1.807, 2.05) is 13.1 Å². The topological polar surface area (TPSA) is 44.8 Å². The zero-order chi connectivity index (χ0) is 12.1. The molecule has 2 atom stereocenters. The van der Waals surface area contributed by atoms with Gasteiger partial charge in [-0.3, -0.25) is 0 Å². The first-order chi connectivity index (χ1) is 8.81. The first-order valence-corrected chi connectivity index (χ1v) is 6.88. The molecule has 1 saturated heterocycles. The van der Waals surface area contributed by atoms with E-state index in [2.05, 4.69) is 25.9 Å². The van der Waals surface area contributed by atoms with Crippen LogP contribution in [0.25, 0.3) is 11.0 Å². The highest BCUT2D eigenvalue weighted by molar-refractivity contribution is 5.87. The van der Waals surface area contributed by atoms with Crippen LogP contribution in [0.2, 0.25) is 0 Å². The fourth-order valence-corrected chi connectivity index (χ4v) is 3.68. The molecule has 94 valence electrons. The van der Waals surface area contributed by atoms with Crippen molar-refractivity contribution < 1.29 is 0 Å². The average Bonchev–Trinajstić information content (AvgIpc) is 3.01. The van der Waals surface area contributed by atoms with Gasteiger partial charge < -0.3 is 9.88 Å². The number of fused-ring (bicyclic) bond motifs is 2. The van der Waals surface area contributed by atoms with Gasteiger partial charge in [0, 0.05) is 19.3 Å². The highest BCUT2D eigenvalue weighted by atomic mass is 15.2. The van der Waals surface area contributed by atoms with E-state index in [4.69, 9.17) is 0 Å². The molecule has 0 spiro atoms. The van der Waals surface area contributed by atoms with Crippen LogP contribution in [-0.4, -0.2) is 28.0 Å². The van der Waals surface area contributed by atoms with Gasteiger partial charge in [0.1, 0.15) is 17.3 Å². The Kier molecular flexibility index (Phi) is 2.13. The Bertz CT molecular complexity index is 576. The summed E-state index contributed by atoms with van der Waals surface area (Å²) in [7, 11) is 0. The second kappa shape index (κ2) is 3.70. The average molecular weight is 242 g/mol. The minimum Gasteiger partial charge on any atom is -0.355 e. The Morgan fingerprint density at radius 2 is 2.00 bits per heavy atom. The van der Waals surface area contributed by atoms with Crippen LogP contribution < -0.4 is 4.90 Å². The van der Waals surface area contributed by atoms with E-state index in [1.165, 1.54) is 37.7 Å². The second-order valence-electron chi connectivity index (χ2n) is 5.69. The maximum atomic E-state index is 4.68. The molecule has 1 N–H and O–H groups in total. The molecule has 2 aliphatic rings. The third-order valence-electron chi connectivity index (χ3n) is 4.53. The van der Waals surface area contributed by atoms with Gasteiger partial charge in [-0.2, -0.15) is 0 Å². The first-order valence-electron chi connectivity index (χ1n) is 6.88. The number of aromatic nitrogens is 3. The van der Waals surface area contributed by atoms with Crippen LogP contribution in [0, 0.1) is 18.8 Å². The summed E-state index contributed by atoms with van der Waals surface area (Å²) in [5.74, 6) is 3.79. The summed E-state index contributed by atoms with van der Waals surface area (Å²) in [4.78, 5) is 14.8. The fourth-order valence-electron chi connectivity index (χ4n) is 3.68. The molecule has 4 rings (SSSR count). The summed E-state index contributed by atoms with van der Waals surface area (Å²) in [6, 6.07) is 2.10. The number of hydrogen-bond donors (Lipinski definition) is 1. The Morgan fingerprint density at radius 1 is 1.22 bits per heavy atom. The van der Waals surface area contributed by atoms with Crippen LogP contribution >= 0.6 is 0 Å². The minimum absolute atomic E-state index is 0.858. The third-order valence-corrected chi connectivity index (χ3v) is 4.53. The number of nitrogens with zero attached hydrogens (tertiary/aromatic N) is 3. The van der Waals surface area contributed by atoms with Gasteiger partial charge in [-0.05, 0) is 37.7 Å². The van der Waals surface area contributed by atoms with Crippen LogP contribution in [0.1, 0.15) is 25.1 Å². The van der Waals surface area contributed by atoms with Gasteiger partial charge in [0.25, 0.3) is 0 Å². The van der Waals surface area contributed by atoms with Crippen LogP contribution in [-0.2, 0) is 0 Å². The van der Waals surface area contributed by atoms with Gasteiger partial charge in [-0.25, -0.2) is 9.97 Å². The SMILES string of the molecule is Cc1nc(N2CC3CCCC3C2)c2cc[nH]c2n1. The summed E-state index contributed by atoms with van der Waals surface area (Å²) in [6.07, 6.45) is 6.19. The van der Waals surface area contributed by atoms with Gasteiger partial charge in [0.15, 0.2) is 0 Å². The molecule has 2 aromatic heterocycles. The minimum atomic E-state index is 0.858. The molecule has 0 amide bonds. The van der Waals surface area contributed by atoms with E-state index in [1.54, 1.807) is 0 Å². The van der Waals surface area contributed by atoms with Gasteiger partial charge >= 0.3 is 0 Å². The van der Waals surface area contributed by atoms with Crippen molar-refractivity contribution in [2.24, 2.45) is 11.8 Å². The molecule has 1 aliphatic heterocycles. The van der Waals surface area contributed by atoms with Crippen molar-refractivity contribution in [3.05, 3.63) is 18.1 Å². The normalized spacial score (nSPS) is 27.1. The van der Waals surface area contributed by atoms with Crippen molar-refractivity contribution in [3.8, 4) is 0 Å². The predicted molar refractivity (Wildman–Crippen MR) is 71.7 cm³/mol. The van der Waals surface area contributed by atoms with Crippen molar-refractivity contribution in [3.63, 3.8) is 0 Å². The lowest BCUT2D eigenvalue weighted by atomic mass is 10.0. The van der Waals surface area contributed by atoms with Crippen LogP contribution in [0.5, 0.6) is 0 Å². The molecule has 2 unspecified atom stereocenters. The van der Waals surface area contributed by atoms with Gasteiger partial charge in [0.2, 0.25) is 0 Å². The molecule has 1 saturated carbocycles. The number of aryl methyl sites for hydroxylation is 1. The molecule has 3 heterocycles. The molecular weight excluding hydrogens is 224 g/mol. The van der Waals surface area contributed by atoms with E-state index < -0.39 is 0 Å². The number of anilines is 1. The highest BCUT2D eigenvalue weighted by Crippen LogP contribution is 2.40. The van der Waals surface area contributed by atoms with Crippen molar-refractivity contribution in [2.45, 2.75) is 26.2 Å². The van der Waals surface area contributed by atoms with Gasteiger partial charge in [-0.15, -0.1) is 0 Å². The first kappa shape index (κ1) is 10.4. The van der Waals surface area contributed by atoms with Gasteiger partial charge in [0.05, 0.1) is 5.39 Å². The van der Waals surface area contributed by atoms with Crippen molar-refractivity contribution in [2.75, 3.05) is 18.0 Å². The van der Waals surface area contributed by atoms with Crippen LogP contribution in [0.15, 0.2) is 12.3 Å². The van der Waals surface area contributed by atoms with Gasteiger partial charge in [-0.1, -0.05) is 6.42 Å². The molecule has 4 heteroatoms. The summed E-state index contributed by atoms with van der Waals surface area (Å²) in [5, 5.41) is 1.17. The van der Waals surface area contributed by atoms with E-state index >= 15 is 0 Å². The van der Waals surface area contributed by atoms with E-state index in [0.717, 1.165) is 29.1 Å². The largest absolute Gasteiger partial charge is 0.355 e. The zero-order valence-electron chi connectivity index (χ0n) is 10.7. The maximum Gasteiger partial charge on any atom is 0.143 e. The van der Waals surface area contributed by atoms with E-state index in [9.17, 15) is 0 Å². The third kappa shape index (κ3) is 1.44. The predicted octanol–water partition coefficient (Wildman–Crippen LogP) is 2.50. The Morgan fingerprint density at radius 3 is 2.78 bits per heavy atom. The Labute approximate surface area is 106 Å². The Balaban J connectivity index is 1.76. The summed E-state index contributed by atoms with van der Waals surface area (Å²) in [6.45, 7) is 4.34. The van der Waals surface area contributed by atoms with Crippen LogP contribution in [0.3, 0.4) is 0 Å². The standard InChI is InChI=1S/C14H18N4/c1-9-16-13-12(5-6-15-13)14(17-9)18-7-10-3-2-4-11(10)8-18/h5-6,10-11H,2-4,7-8H2,1H3,(H,15,16,17). The summed E-state index contributed by atoms with van der Waals surface area (Å²) >= 11 is 0. The molecular formula is C14H18N4. The molecule has 4 nitrogen and oxygen atoms in total. The second-order valence-corrected chi connectivity index (χ2v) is 5.69. The fraction of sp³-hybridized carbons (Fsp3) is 0.571. The van der Waals surface area contributed by atoms with Crippen molar-refractivity contribution in [1.82, 2.24) is 15.0 Å². The number of rotatable bonds is 1. The molecule has 0 aromatic carbocycles. The lowest BCUT2D eigenvalue weighted by molar-refractivity contribution is 0.494. The molecule has 0 bridgehead atoms. The maximum absolute atomic E-state index is 4.68. The van der Waals surface area contributed by atoms with E-state index in [-0.39, 0.29) is 0 Å². The molecule has 18 heavy (non-hydrogen) atoms. The number of aromatic amines is 1. The number of nitrogens with one attached hydrogen (secondary N) is 1. The molecule has 2 fully saturated rings. The quantitative estimate of drug-likeness (QED) is 0.835. The molecule has 1 aliphatic carbocycles. The Hall–Kier alpha value is -1.58. The molecule has 0 radical (unpaired) electrons.